The highest BCUT2D eigenvalue weighted by molar-refractivity contribution is 6.02. The Hall–Kier alpha value is -2.98. The Balaban J connectivity index is 1.41. The summed E-state index contributed by atoms with van der Waals surface area (Å²) in [7, 11) is 0. The molecule has 2 aromatic rings. The molecule has 0 bridgehead atoms. The van der Waals surface area contributed by atoms with Crippen molar-refractivity contribution < 1.29 is 19.4 Å². The van der Waals surface area contributed by atoms with Crippen LogP contribution in [0.5, 0.6) is 0 Å². The lowest BCUT2D eigenvalue weighted by atomic mass is 9.81. The maximum Gasteiger partial charge on any atom is 0.338 e. The Morgan fingerprint density at radius 2 is 1.59 bits per heavy atom. The van der Waals surface area contributed by atoms with E-state index in [2.05, 4.69) is 26.8 Å². The second-order valence-electron chi connectivity index (χ2n) is 12.1. The summed E-state index contributed by atoms with van der Waals surface area (Å²) in [6, 6.07) is 17.4. The van der Waals surface area contributed by atoms with E-state index in [4.69, 9.17) is 4.74 Å². The maximum atomic E-state index is 13.7. The SMILES string of the molecule is C/C1=C/[C@H]2[C@@H](OC(=O)c3ccc(-c4ccccc4)cc3)[C@@H](C)C[C@]2(O)C(=O)/C(C)=C/[C@@H]2[C@H](CC1)C2(C)C. The van der Waals surface area contributed by atoms with E-state index in [-0.39, 0.29) is 23.5 Å². The minimum Gasteiger partial charge on any atom is -0.458 e. The predicted molar refractivity (Wildman–Crippen MR) is 146 cm³/mol. The number of rotatable bonds is 3. The lowest BCUT2D eigenvalue weighted by molar-refractivity contribution is -0.136. The molecule has 0 saturated heterocycles. The van der Waals surface area contributed by atoms with Crippen LogP contribution in [0.1, 0.15) is 64.2 Å². The van der Waals surface area contributed by atoms with Crippen molar-refractivity contribution in [3.63, 3.8) is 0 Å². The van der Waals surface area contributed by atoms with Gasteiger partial charge in [-0.05, 0) is 85.1 Å². The minimum atomic E-state index is -1.58. The van der Waals surface area contributed by atoms with E-state index < -0.39 is 23.6 Å². The summed E-state index contributed by atoms with van der Waals surface area (Å²) in [5.41, 5.74) is 2.93. The van der Waals surface area contributed by atoms with Gasteiger partial charge in [-0.1, -0.05) is 81.0 Å². The number of hydrogen-bond donors (Lipinski definition) is 1. The summed E-state index contributed by atoms with van der Waals surface area (Å²) >= 11 is 0. The van der Waals surface area contributed by atoms with Crippen molar-refractivity contribution in [2.45, 2.75) is 65.6 Å². The van der Waals surface area contributed by atoms with Gasteiger partial charge in [-0.25, -0.2) is 4.79 Å². The number of carbonyl (C=O) groups is 2. The van der Waals surface area contributed by atoms with Crippen LogP contribution in [-0.2, 0) is 9.53 Å². The Morgan fingerprint density at radius 1 is 0.946 bits per heavy atom. The number of ketones is 1. The molecule has 0 unspecified atom stereocenters. The number of esters is 1. The fraction of sp³-hybridized carbons (Fsp3) is 0.455. The summed E-state index contributed by atoms with van der Waals surface area (Å²) in [6.45, 7) is 10.4. The molecule has 4 heteroatoms. The van der Waals surface area contributed by atoms with Gasteiger partial charge in [0.05, 0.1) is 11.5 Å². The first-order valence-corrected chi connectivity index (χ1v) is 13.5. The van der Waals surface area contributed by atoms with Crippen molar-refractivity contribution in [1.82, 2.24) is 0 Å². The van der Waals surface area contributed by atoms with Gasteiger partial charge in [-0.15, -0.1) is 0 Å². The van der Waals surface area contributed by atoms with Crippen LogP contribution >= 0.6 is 0 Å². The zero-order chi connectivity index (χ0) is 26.5. The average Bonchev–Trinajstić information content (AvgIpc) is 3.31. The first-order chi connectivity index (χ1) is 17.5. The molecule has 0 aliphatic heterocycles. The van der Waals surface area contributed by atoms with Crippen LogP contribution in [0.25, 0.3) is 11.1 Å². The van der Waals surface area contributed by atoms with Gasteiger partial charge < -0.3 is 9.84 Å². The van der Waals surface area contributed by atoms with Gasteiger partial charge in [-0.2, -0.15) is 0 Å². The van der Waals surface area contributed by atoms with Crippen LogP contribution in [0.15, 0.2) is 77.9 Å². The van der Waals surface area contributed by atoms with Gasteiger partial charge >= 0.3 is 5.97 Å². The zero-order valence-electron chi connectivity index (χ0n) is 22.5. The molecule has 1 N–H and O–H groups in total. The molecule has 3 aliphatic rings. The largest absolute Gasteiger partial charge is 0.458 e. The lowest BCUT2D eigenvalue weighted by Gasteiger charge is -2.30. The molecule has 2 fully saturated rings. The molecule has 3 aliphatic carbocycles. The molecule has 0 heterocycles. The number of fused-ring (bicyclic) bond motifs is 2. The molecule has 37 heavy (non-hydrogen) atoms. The summed E-state index contributed by atoms with van der Waals surface area (Å²) in [6.07, 6.45) is 5.76. The standard InChI is InChI=1S/C33H38O4/c1-20-11-16-26-27(32(26,4)5)18-21(2)30(34)33(36)19-22(3)29(28(33)17-20)37-31(35)25-14-12-24(13-15-25)23-9-7-6-8-10-23/h6-10,12-15,17-18,22,26-29,36H,11,16,19H2,1-5H3/b20-17-,21-18+/t22-,26-,27+,28-,29-,33+/m0/s1. The Kier molecular flexibility index (Phi) is 6.52. The van der Waals surface area contributed by atoms with Crippen molar-refractivity contribution in [2.75, 3.05) is 0 Å². The monoisotopic (exact) mass is 498 g/mol. The molecule has 5 rings (SSSR count). The van der Waals surface area contributed by atoms with Crippen molar-refractivity contribution in [2.24, 2.45) is 29.1 Å². The highest BCUT2D eigenvalue weighted by Gasteiger charge is 2.59. The number of ether oxygens (including phenoxy) is 1. The molecule has 0 aromatic heterocycles. The number of Topliss-reactive ketones (excluding diaryl/α,β-unsaturated/α-hetero) is 1. The quantitative estimate of drug-likeness (QED) is 0.374. The topological polar surface area (TPSA) is 63.6 Å². The highest BCUT2D eigenvalue weighted by Crippen LogP contribution is 2.62. The molecular weight excluding hydrogens is 460 g/mol. The Labute approximate surface area is 220 Å². The van der Waals surface area contributed by atoms with E-state index in [1.807, 2.05) is 62.4 Å². The number of hydrogen-bond acceptors (Lipinski definition) is 4. The van der Waals surface area contributed by atoms with Gasteiger partial charge in [0.25, 0.3) is 0 Å². The van der Waals surface area contributed by atoms with Crippen LogP contribution in [0.3, 0.4) is 0 Å². The highest BCUT2D eigenvalue weighted by atomic mass is 16.5. The molecule has 0 spiro atoms. The van der Waals surface area contributed by atoms with E-state index >= 15 is 0 Å². The van der Waals surface area contributed by atoms with Gasteiger partial charge in [0.1, 0.15) is 11.7 Å². The van der Waals surface area contributed by atoms with Crippen LogP contribution in [0.2, 0.25) is 0 Å². The van der Waals surface area contributed by atoms with E-state index in [9.17, 15) is 14.7 Å². The second kappa shape index (κ2) is 9.40. The first kappa shape index (κ1) is 25.7. The van der Waals surface area contributed by atoms with Crippen LogP contribution < -0.4 is 0 Å². The molecule has 4 nitrogen and oxygen atoms in total. The van der Waals surface area contributed by atoms with Crippen molar-refractivity contribution >= 4 is 11.8 Å². The van der Waals surface area contributed by atoms with Gasteiger partial charge in [-0.3, -0.25) is 4.79 Å². The summed E-state index contributed by atoms with van der Waals surface area (Å²) < 4.78 is 6.07. The summed E-state index contributed by atoms with van der Waals surface area (Å²) in [4.78, 5) is 26.9. The summed E-state index contributed by atoms with van der Waals surface area (Å²) in [5, 5.41) is 11.9. The van der Waals surface area contributed by atoms with Gasteiger partial charge in [0.2, 0.25) is 0 Å². The fourth-order valence-electron chi connectivity index (χ4n) is 6.78. The van der Waals surface area contributed by atoms with E-state index in [1.54, 1.807) is 12.1 Å². The number of carbonyl (C=O) groups excluding carboxylic acids is 2. The molecular formula is C33H38O4. The van der Waals surface area contributed by atoms with Crippen LogP contribution in [0, 0.1) is 29.1 Å². The number of allylic oxidation sites excluding steroid dienone is 2. The summed E-state index contributed by atoms with van der Waals surface area (Å²) in [5.74, 6) is -0.496. The Morgan fingerprint density at radius 3 is 2.27 bits per heavy atom. The number of aliphatic hydroxyl groups is 1. The minimum absolute atomic E-state index is 0.156. The van der Waals surface area contributed by atoms with E-state index in [1.165, 1.54) is 0 Å². The van der Waals surface area contributed by atoms with Gasteiger partial charge in [0, 0.05) is 0 Å². The molecule has 2 aromatic carbocycles. The van der Waals surface area contributed by atoms with Crippen LogP contribution in [-0.4, -0.2) is 28.6 Å². The molecule has 6 atom stereocenters. The normalized spacial score (nSPS) is 35.6. The van der Waals surface area contributed by atoms with Crippen molar-refractivity contribution in [3.05, 3.63) is 83.5 Å². The maximum absolute atomic E-state index is 13.7. The zero-order valence-corrected chi connectivity index (χ0v) is 22.5. The molecule has 0 amide bonds. The first-order valence-electron chi connectivity index (χ1n) is 13.5. The molecule has 194 valence electrons. The second-order valence-corrected chi connectivity index (χ2v) is 12.1. The third-order valence-electron chi connectivity index (χ3n) is 9.20. The van der Waals surface area contributed by atoms with Crippen molar-refractivity contribution in [3.8, 4) is 11.1 Å². The predicted octanol–water partition coefficient (Wildman–Crippen LogP) is 6.79. The van der Waals surface area contributed by atoms with Gasteiger partial charge in [0.15, 0.2) is 5.78 Å². The van der Waals surface area contributed by atoms with E-state index in [0.717, 1.165) is 29.5 Å². The third-order valence-corrected chi connectivity index (χ3v) is 9.20. The molecule has 2 saturated carbocycles. The fourth-order valence-corrected chi connectivity index (χ4v) is 6.78. The number of benzene rings is 2. The average molecular weight is 499 g/mol. The smallest absolute Gasteiger partial charge is 0.338 e. The van der Waals surface area contributed by atoms with Crippen LogP contribution in [0.4, 0.5) is 0 Å². The van der Waals surface area contributed by atoms with E-state index in [0.29, 0.717) is 23.0 Å². The van der Waals surface area contributed by atoms with Crippen molar-refractivity contribution in [1.29, 1.82) is 0 Å². The third kappa shape index (κ3) is 4.61. The lowest BCUT2D eigenvalue weighted by Crippen LogP contribution is -2.45. The Bertz CT molecular complexity index is 1250. The molecule has 0 radical (unpaired) electrons.